The molecule has 0 atom stereocenters. The maximum Gasteiger partial charge on any atom is 0.392 e. The van der Waals surface area contributed by atoms with E-state index >= 15 is 0 Å². The van der Waals surface area contributed by atoms with Gasteiger partial charge in [-0.3, -0.25) is 4.79 Å². The number of alkyl halides is 3. The molecule has 0 aromatic carbocycles. The van der Waals surface area contributed by atoms with Crippen molar-refractivity contribution in [1.29, 1.82) is 0 Å². The molecule has 0 fully saturated rings. The lowest BCUT2D eigenvalue weighted by atomic mass is 10.1. The van der Waals surface area contributed by atoms with E-state index in [0.717, 1.165) is 0 Å². The van der Waals surface area contributed by atoms with Crippen LogP contribution in [-0.2, 0) is 0 Å². The summed E-state index contributed by atoms with van der Waals surface area (Å²) < 4.78 is 42.5. The molecule has 0 aliphatic heterocycles. The fraction of sp³-hybridized carbons (Fsp3) is 0.385. The molecule has 0 aliphatic rings. The third-order valence-corrected chi connectivity index (χ3v) is 2.76. The number of halogens is 3. The van der Waals surface area contributed by atoms with Gasteiger partial charge in [0.15, 0.2) is 5.78 Å². The lowest BCUT2D eigenvalue weighted by Crippen LogP contribution is -2.13. The number of hydrogen-bond acceptors (Lipinski definition) is 3. The van der Waals surface area contributed by atoms with E-state index in [-0.39, 0.29) is 11.5 Å². The molecule has 2 rings (SSSR count). The molecule has 2 aromatic heterocycles. The third kappa shape index (κ3) is 3.28. The average molecular weight is 286 g/mol. The zero-order valence-corrected chi connectivity index (χ0v) is 10.8. The number of rotatable bonds is 5. The van der Waals surface area contributed by atoms with Crippen LogP contribution in [0.4, 0.5) is 13.2 Å². The van der Waals surface area contributed by atoms with E-state index < -0.39 is 19.2 Å². The molecule has 2 aromatic rings. The van der Waals surface area contributed by atoms with Crippen molar-refractivity contribution in [2.24, 2.45) is 0 Å². The first-order valence-corrected chi connectivity index (χ1v) is 6.11. The standard InChI is InChI=1S/C13H13F3N2O2/c1-2-12(19)10-7-17-18-8-9(3-4-11(10)18)20-6-5-13(14,15)16/h3-4,7-8H,2,5-6H2,1H3. The number of carbonyl (C=O) groups excluding carboxylic acids is 1. The fourth-order valence-corrected chi connectivity index (χ4v) is 1.74. The molecule has 0 N–H and O–H groups in total. The normalized spacial score (nSPS) is 11.8. The average Bonchev–Trinajstić information content (AvgIpc) is 2.79. The maximum absolute atomic E-state index is 12.0. The predicted octanol–water partition coefficient (Wildman–Crippen LogP) is 3.26. The van der Waals surface area contributed by atoms with E-state index in [2.05, 4.69) is 5.10 Å². The van der Waals surface area contributed by atoms with E-state index in [4.69, 9.17) is 4.74 Å². The molecule has 0 spiro atoms. The van der Waals surface area contributed by atoms with Crippen LogP contribution in [0, 0.1) is 0 Å². The first-order chi connectivity index (χ1) is 9.40. The molecule has 0 bridgehead atoms. The smallest absolute Gasteiger partial charge is 0.392 e. The van der Waals surface area contributed by atoms with E-state index in [1.165, 1.54) is 23.0 Å². The lowest BCUT2D eigenvalue weighted by molar-refractivity contribution is -0.139. The Morgan fingerprint density at radius 3 is 2.80 bits per heavy atom. The molecule has 0 saturated heterocycles. The summed E-state index contributed by atoms with van der Waals surface area (Å²) in [7, 11) is 0. The quantitative estimate of drug-likeness (QED) is 0.792. The van der Waals surface area contributed by atoms with Gasteiger partial charge in [0, 0.05) is 6.42 Å². The van der Waals surface area contributed by atoms with Gasteiger partial charge in [0.2, 0.25) is 0 Å². The van der Waals surface area contributed by atoms with Gasteiger partial charge in [0.05, 0.1) is 36.5 Å². The van der Waals surface area contributed by atoms with E-state index in [9.17, 15) is 18.0 Å². The SMILES string of the molecule is CCC(=O)c1cnn2cc(OCCC(F)(F)F)ccc12. The molecule has 4 nitrogen and oxygen atoms in total. The minimum absolute atomic E-state index is 0.0364. The zero-order valence-electron chi connectivity index (χ0n) is 10.8. The maximum atomic E-state index is 12.0. The van der Waals surface area contributed by atoms with Gasteiger partial charge in [-0.1, -0.05) is 6.92 Å². The van der Waals surface area contributed by atoms with Gasteiger partial charge < -0.3 is 4.74 Å². The predicted molar refractivity (Wildman–Crippen MR) is 66.0 cm³/mol. The number of hydrogen-bond donors (Lipinski definition) is 0. The topological polar surface area (TPSA) is 43.6 Å². The molecule has 20 heavy (non-hydrogen) atoms. The van der Waals surface area contributed by atoms with E-state index in [1.54, 1.807) is 13.0 Å². The van der Waals surface area contributed by atoms with Crippen molar-refractivity contribution < 1.29 is 22.7 Å². The third-order valence-electron chi connectivity index (χ3n) is 2.76. The number of Topliss-reactive ketones (excluding diaryl/α,β-unsaturated/α-hetero) is 1. The Morgan fingerprint density at radius 1 is 1.40 bits per heavy atom. The van der Waals surface area contributed by atoms with Crippen molar-refractivity contribution in [1.82, 2.24) is 9.61 Å². The number of carbonyl (C=O) groups is 1. The molecular weight excluding hydrogens is 273 g/mol. The van der Waals surface area contributed by atoms with Crippen LogP contribution in [0.25, 0.3) is 5.52 Å². The van der Waals surface area contributed by atoms with Gasteiger partial charge in [0.1, 0.15) is 5.75 Å². The van der Waals surface area contributed by atoms with Gasteiger partial charge in [-0.25, -0.2) is 4.52 Å². The van der Waals surface area contributed by atoms with Gasteiger partial charge in [-0.15, -0.1) is 0 Å². The summed E-state index contributed by atoms with van der Waals surface area (Å²) in [6.07, 6.45) is -1.98. The highest BCUT2D eigenvalue weighted by atomic mass is 19.4. The van der Waals surface area contributed by atoms with Gasteiger partial charge in [-0.2, -0.15) is 18.3 Å². The Labute approximate surface area is 113 Å². The van der Waals surface area contributed by atoms with Crippen LogP contribution in [0.1, 0.15) is 30.1 Å². The van der Waals surface area contributed by atoms with Crippen molar-refractivity contribution >= 4 is 11.3 Å². The summed E-state index contributed by atoms with van der Waals surface area (Å²) in [5.74, 6) is 0.242. The molecule has 0 unspecified atom stereocenters. The second-order valence-corrected chi connectivity index (χ2v) is 4.24. The molecule has 7 heteroatoms. The Kier molecular flexibility index (Phi) is 3.96. The number of fused-ring (bicyclic) bond motifs is 1. The molecule has 0 saturated carbocycles. The van der Waals surface area contributed by atoms with Gasteiger partial charge in [0.25, 0.3) is 0 Å². The van der Waals surface area contributed by atoms with Gasteiger partial charge >= 0.3 is 6.18 Å². The highest BCUT2D eigenvalue weighted by molar-refractivity contribution is 6.01. The Bertz CT molecular complexity index is 620. The molecule has 108 valence electrons. The highest BCUT2D eigenvalue weighted by Crippen LogP contribution is 2.21. The second-order valence-electron chi connectivity index (χ2n) is 4.24. The molecular formula is C13H13F3N2O2. The second kappa shape index (κ2) is 5.52. The summed E-state index contributed by atoms with van der Waals surface area (Å²) in [5.41, 5.74) is 1.11. The highest BCUT2D eigenvalue weighted by Gasteiger charge is 2.26. The van der Waals surface area contributed by atoms with Crippen LogP contribution >= 0.6 is 0 Å². The van der Waals surface area contributed by atoms with Crippen molar-refractivity contribution in [2.75, 3.05) is 6.61 Å². The summed E-state index contributed by atoms with van der Waals surface area (Å²) in [5, 5.41) is 4.00. The number of aromatic nitrogens is 2. The number of nitrogens with zero attached hydrogens (tertiary/aromatic N) is 2. The van der Waals surface area contributed by atoms with Crippen LogP contribution in [0.5, 0.6) is 5.75 Å². The van der Waals surface area contributed by atoms with Crippen LogP contribution in [-0.4, -0.2) is 28.2 Å². The Balaban J connectivity index is 2.13. The minimum atomic E-state index is -4.24. The van der Waals surface area contributed by atoms with Crippen molar-refractivity contribution in [3.8, 4) is 5.75 Å². The number of ether oxygens (including phenoxy) is 1. The van der Waals surface area contributed by atoms with Crippen molar-refractivity contribution in [3.63, 3.8) is 0 Å². The summed E-state index contributed by atoms with van der Waals surface area (Å²) in [4.78, 5) is 11.6. The van der Waals surface area contributed by atoms with Crippen LogP contribution in [0.2, 0.25) is 0 Å². The minimum Gasteiger partial charge on any atom is -0.492 e. The Hall–Kier alpha value is -2.05. The molecule has 0 amide bonds. The van der Waals surface area contributed by atoms with Crippen molar-refractivity contribution in [2.45, 2.75) is 25.9 Å². The molecule has 0 aliphatic carbocycles. The van der Waals surface area contributed by atoms with Crippen LogP contribution in [0.3, 0.4) is 0 Å². The summed E-state index contributed by atoms with van der Waals surface area (Å²) >= 11 is 0. The fourth-order valence-electron chi connectivity index (χ4n) is 1.74. The van der Waals surface area contributed by atoms with Gasteiger partial charge in [-0.05, 0) is 12.1 Å². The Morgan fingerprint density at radius 2 is 2.15 bits per heavy atom. The first-order valence-electron chi connectivity index (χ1n) is 6.11. The van der Waals surface area contributed by atoms with Crippen LogP contribution in [0.15, 0.2) is 24.5 Å². The zero-order chi connectivity index (χ0) is 14.8. The number of pyridine rings is 1. The summed E-state index contributed by atoms with van der Waals surface area (Å²) in [6, 6.07) is 3.14. The number of ketones is 1. The largest absolute Gasteiger partial charge is 0.492 e. The molecule has 0 radical (unpaired) electrons. The molecule has 2 heterocycles. The van der Waals surface area contributed by atoms with E-state index in [1.807, 2.05) is 0 Å². The summed E-state index contributed by atoms with van der Waals surface area (Å²) in [6.45, 7) is 1.30. The van der Waals surface area contributed by atoms with Crippen molar-refractivity contribution in [3.05, 3.63) is 30.1 Å². The monoisotopic (exact) mass is 286 g/mol. The van der Waals surface area contributed by atoms with Crippen LogP contribution < -0.4 is 4.74 Å². The van der Waals surface area contributed by atoms with E-state index in [0.29, 0.717) is 17.5 Å². The first kappa shape index (κ1) is 14.4. The lowest BCUT2D eigenvalue weighted by Gasteiger charge is -2.08.